The van der Waals surface area contributed by atoms with Crippen LogP contribution in [0.25, 0.3) is 0 Å². The quantitative estimate of drug-likeness (QED) is 0.664. The fourth-order valence-corrected chi connectivity index (χ4v) is 2.24. The van der Waals surface area contributed by atoms with Crippen LogP contribution in [0.3, 0.4) is 0 Å². The van der Waals surface area contributed by atoms with Gasteiger partial charge in [0, 0.05) is 5.56 Å². The number of halogens is 1. The van der Waals surface area contributed by atoms with Crippen molar-refractivity contribution in [1.82, 2.24) is 5.43 Å². The van der Waals surface area contributed by atoms with Gasteiger partial charge >= 0.3 is 0 Å². The molecule has 0 aromatic carbocycles. The molecule has 16 heavy (non-hydrogen) atoms. The molecule has 0 aliphatic carbocycles. The zero-order valence-electron chi connectivity index (χ0n) is 8.01. The van der Waals surface area contributed by atoms with Gasteiger partial charge in [-0.1, -0.05) is 0 Å². The van der Waals surface area contributed by atoms with Crippen LogP contribution < -0.4 is 5.43 Å². The van der Waals surface area contributed by atoms with Gasteiger partial charge in [-0.15, -0.1) is 11.3 Å². The molecule has 2 aromatic heterocycles. The molecule has 0 fully saturated rings. The highest BCUT2D eigenvalue weighted by molar-refractivity contribution is 7.12. The molecular formula is C10H7FN2OS2. The highest BCUT2D eigenvalue weighted by atomic mass is 32.1. The largest absolute Gasteiger partial charge is 0.281 e. The highest BCUT2D eigenvalue weighted by Crippen LogP contribution is 2.13. The van der Waals surface area contributed by atoms with Crippen LogP contribution >= 0.6 is 22.7 Å². The average molecular weight is 254 g/mol. The van der Waals surface area contributed by atoms with Crippen molar-refractivity contribution in [3.8, 4) is 0 Å². The maximum atomic E-state index is 12.6. The van der Waals surface area contributed by atoms with Crippen LogP contribution in [0.4, 0.5) is 4.39 Å². The minimum absolute atomic E-state index is 0.306. The molecular weight excluding hydrogens is 247 g/mol. The third-order valence-corrected chi connectivity index (χ3v) is 3.29. The molecule has 2 aromatic rings. The molecule has 0 atom stereocenters. The summed E-state index contributed by atoms with van der Waals surface area (Å²) in [6, 6.07) is 4.56. The smallest absolute Gasteiger partial charge is 0.266 e. The van der Waals surface area contributed by atoms with Gasteiger partial charge in [-0.2, -0.15) is 20.8 Å². The predicted octanol–water partition coefficient (Wildman–Crippen LogP) is 2.71. The third kappa shape index (κ3) is 2.74. The summed E-state index contributed by atoms with van der Waals surface area (Å²) < 4.78 is 12.6. The molecule has 3 nitrogen and oxygen atoms in total. The lowest BCUT2D eigenvalue weighted by Gasteiger charge is -1.93. The Morgan fingerprint density at radius 3 is 2.94 bits per heavy atom. The first-order valence-corrected chi connectivity index (χ1v) is 6.12. The van der Waals surface area contributed by atoms with Crippen LogP contribution in [0.5, 0.6) is 0 Å². The Morgan fingerprint density at radius 1 is 1.44 bits per heavy atom. The van der Waals surface area contributed by atoms with Gasteiger partial charge in [0.25, 0.3) is 5.91 Å². The Morgan fingerprint density at radius 2 is 2.31 bits per heavy atom. The number of hydrogen-bond acceptors (Lipinski definition) is 4. The maximum Gasteiger partial charge on any atom is 0.281 e. The summed E-state index contributed by atoms with van der Waals surface area (Å²) in [7, 11) is 0. The maximum absolute atomic E-state index is 12.6. The van der Waals surface area contributed by atoms with Crippen LogP contribution in [0.15, 0.2) is 34.1 Å². The summed E-state index contributed by atoms with van der Waals surface area (Å²) >= 11 is 2.34. The molecule has 1 amide bonds. The number of thiophene rings is 2. The Balaban J connectivity index is 1.94. The van der Waals surface area contributed by atoms with Crippen LogP contribution in [-0.4, -0.2) is 12.1 Å². The lowest BCUT2D eigenvalue weighted by atomic mass is 10.4. The van der Waals surface area contributed by atoms with E-state index < -0.39 is 5.91 Å². The van der Waals surface area contributed by atoms with Crippen molar-refractivity contribution in [2.24, 2.45) is 5.10 Å². The number of hydrogen-bond donors (Lipinski definition) is 1. The monoisotopic (exact) mass is 254 g/mol. The third-order valence-electron chi connectivity index (χ3n) is 1.72. The van der Waals surface area contributed by atoms with E-state index in [-0.39, 0.29) is 5.13 Å². The molecule has 2 heterocycles. The molecule has 0 unspecified atom stereocenters. The van der Waals surface area contributed by atoms with Crippen molar-refractivity contribution in [3.05, 3.63) is 44.5 Å². The number of rotatable bonds is 3. The standard InChI is InChI=1S/C10H7FN2OS2/c11-9-2-1-8(16-9)10(14)13-12-5-7-3-4-15-6-7/h1-6H,(H,13,14)/b12-5+. The van der Waals surface area contributed by atoms with E-state index in [0.29, 0.717) is 4.88 Å². The minimum atomic E-state index is -0.402. The molecule has 1 N–H and O–H groups in total. The molecule has 0 bridgehead atoms. The lowest BCUT2D eigenvalue weighted by Crippen LogP contribution is -2.15. The van der Waals surface area contributed by atoms with Crippen molar-refractivity contribution in [2.45, 2.75) is 0 Å². The summed E-state index contributed by atoms with van der Waals surface area (Å²) in [4.78, 5) is 11.7. The van der Waals surface area contributed by atoms with Crippen LogP contribution in [0.1, 0.15) is 15.2 Å². The SMILES string of the molecule is O=C(N/N=C/c1ccsc1)c1ccc(F)s1. The van der Waals surface area contributed by atoms with E-state index in [1.807, 2.05) is 16.8 Å². The topological polar surface area (TPSA) is 41.5 Å². The van der Waals surface area contributed by atoms with Gasteiger partial charge < -0.3 is 0 Å². The van der Waals surface area contributed by atoms with Gasteiger partial charge in [0.2, 0.25) is 0 Å². The predicted molar refractivity (Wildman–Crippen MR) is 63.7 cm³/mol. The summed E-state index contributed by atoms with van der Waals surface area (Å²) in [5, 5.41) is 7.20. The fourth-order valence-electron chi connectivity index (χ4n) is 1.01. The molecule has 0 saturated heterocycles. The van der Waals surface area contributed by atoms with Gasteiger partial charge in [0.15, 0.2) is 5.13 Å². The molecule has 0 spiro atoms. The summed E-state index contributed by atoms with van der Waals surface area (Å²) in [6.45, 7) is 0. The average Bonchev–Trinajstić information content (AvgIpc) is 2.89. The van der Waals surface area contributed by atoms with E-state index in [1.165, 1.54) is 12.1 Å². The molecule has 0 aliphatic heterocycles. The van der Waals surface area contributed by atoms with Crippen molar-refractivity contribution >= 4 is 34.8 Å². The number of nitrogens with one attached hydrogen (secondary N) is 1. The van der Waals surface area contributed by atoms with Crippen LogP contribution in [-0.2, 0) is 0 Å². The van der Waals surface area contributed by atoms with E-state index in [9.17, 15) is 9.18 Å². The van der Waals surface area contributed by atoms with Crippen molar-refractivity contribution in [2.75, 3.05) is 0 Å². The molecule has 6 heteroatoms. The van der Waals surface area contributed by atoms with Crippen molar-refractivity contribution in [3.63, 3.8) is 0 Å². The van der Waals surface area contributed by atoms with Gasteiger partial charge in [0.1, 0.15) is 0 Å². The van der Waals surface area contributed by atoms with E-state index in [2.05, 4.69) is 10.5 Å². The first-order valence-electron chi connectivity index (χ1n) is 4.36. The van der Waals surface area contributed by atoms with Gasteiger partial charge in [-0.05, 0) is 29.0 Å². The Kier molecular flexibility index (Phi) is 3.43. The number of amides is 1. The van der Waals surface area contributed by atoms with Crippen molar-refractivity contribution in [1.29, 1.82) is 0 Å². The zero-order chi connectivity index (χ0) is 11.4. The van der Waals surface area contributed by atoms with E-state index in [0.717, 1.165) is 16.9 Å². The number of carbonyl (C=O) groups is 1. The summed E-state index contributed by atoms with van der Waals surface area (Å²) in [6.07, 6.45) is 1.54. The van der Waals surface area contributed by atoms with Crippen LogP contribution in [0.2, 0.25) is 0 Å². The van der Waals surface area contributed by atoms with E-state index >= 15 is 0 Å². The van der Waals surface area contributed by atoms with Gasteiger partial charge in [-0.25, -0.2) is 5.43 Å². The minimum Gasteiger partial charge on any atom is -0.266 e. The molecule has 0 aliphatic rings. The molecule has 0 radical (unpaired) electrons. The summed E-state index contributed by atoms with van der Waals surface area (Å²) in [5.41, 5.74) is 3.25. The second-order valence-corrected chi connectivity index (χ2v) is 4.67. The summed E-state index contributed by atoms with van der Waals surface area (Å²) in [5.74, 6) is -0.402. The zero-order valence-corrected chi connectivity index (χ0v) is 9.65. The first kappa shape index (κ1) is 11.0. The highest BCUT2D eigenvalue weighted by Gasteiger charge is 2.07. The number of nitrogens with zero attached hydrogens (tertiary/aromatic N) is 1. The number of carbonyl (C=O) groups excluding carboxylic acids is 1. The lowest BCUT2D eigenvalue weighted by molar-refractivity contribution is 0.0959. The molecule has 0 saturated carbocycles. The van der Waals surface area contributed by atoms with E-state index in [4.69, 9.17) is 0 Å². The van der Waals surface area contributed by atoms with Crippen molar-refractivity contribution < 1.29 is 9.18 Å². The van der Waals surface area contributed by atoms with E-state index in [1.54, 1.807) is 17.6 Å². The Bertz CT molecular complexity index is 505. The number of hydrazone groups is 1. The van der Waals surface area contributed by atoms with Gasteiger partial charge in [-0.3, -0.25) is 4.79 Å². The van der Waals surface area contributed by atoms with Crippen LogP contribution in [0, 0.1) is 5.13 Å². The molecule has 82 valence electrons. The normalized spacial score (nSPS) is 10.8. The molecule has 2 rings (SSSR count). The fraction of sp³-hybridized carbons (Fsp3) is 0. The van der Waals surface area contributed by atoms with Gasteiger partial charge in [0.05, 0.1) is 11.1 Å². The second-order valence-electron chi connectivity index (χ2n) is 2.86. The Labute approximate surface area is 99.2 Å². The first-order chi connectivity index (χ1) is 7.75. The second kappa shape index (κ2) is 5.00. The Hall–Kier alpha value is -1.53.